The minimum atomic E-state index is -0.411. The van der Waals surface area contributed by atoms with Gasteiger partial charge in [-0.1, -0.05) is 38.1 Å². The third kappa shape index (κ3) is 7.39. The highest BCUT2D eigenvalue weighted by molar-refractivity contribution is 5.85. The van der Waals surface area contributed by atoms with Crippen molar-refractivity contribution < 1.29 is 4.79 Å². The average Bonchev–Trinajstić information content (AvgIpc) is 2.98. The van der Waals surface area contributed by atoms with Crippen LogP contribution < -0.4 is 11.1 Å². The lowest BCUT2D eigenvalue weighted by Crippen LogP contribution is -2.41. The lowest BCUT2D eigenvalue weighted by molar-refractivity contribution is -0.122. The quantitative estimate of drug-likeness (QED) is 0.769. The van der Waals surface area contributed by atoms with Crippen LogP contribution in [0.25, 0.3) is 0 Å². The maximum absolute atomic E-state index is 12.1. The van der Waals surface area contributed by atoms with Crippen molar-refractivity contribution in [2.75, 3.05) is 13.1 Å². The van der Waals surface area contributed by atoms with Gasteiger partial charge >= 0.3 is 0 Å². The predicted molar refractivity (Wildman–Crippen MR) is 105 cm³/mol. The molecule has 0 aromatic heterocycles. The summed E-state index contributed by atoms with van der Waals surface area (Å²) in [7, 11) is 0. The molecule has 1 aromatic rings. The van der Waals surface area contributed by atoms with E-state index in [1.54, 1.807) is 0 Å². The normalized spacial score (nSPS) is 15.5. The van der Waals surface area contributed by atoms with Crippen molar-refractivity contribution in [2.24, 2.45) is 11.7 Å². The van der Waals surface area contributed by atoms with Gasteiger partial charge in [-0.25, -0.2) is 0 Å². The van der Waals surface area contributed by atoms with Crippen molar-refractivity contribution in [2.45, 2.75) is 52.2 Å². The van der Waals surface area contributed by atoms with Crippen LogP contribution in [0.5, 0.6) is 0 Å². The molecule has 3 N–H and O–H groups in total. The van der Waals surface area contributed by atoms with E-state index in [0.29, 0.717) is 12.5 Å². The molecule has 1 atom stereocenters. The van der Waals surface area contributed by atoms with Gasteiger partial charge in [0.15, 0.2) is 0 Å². The molecule has 138 valence electrons. The summed E-state index contributed by atoms with van der Waals surface area (Å²) < 4.78 is 0. The number of rotatable bonds is 7. The number of nitrogens with zero attached hydrogens (tertiary/aromatic N) is 1. The Balaban J connectivity index is 0.00000264. The number of likely N-dealkylation sites (tertiary alicyclic amines) is 1. The molecule has 4 nitrogen and oxygen atoms in total. The minimum absolute atomic E-state index is 0. The van der Waals surface area contributed by atoms with E-state index in [1.807, 2.05) is 6.07 Å². The van der Waals surface area contributed by atoms with Gasteiger partial charge in [-0.2, -0.15) is 0 Å². The van der Waals surface area contributed by atoms with Crippen LogP contribution in [-0.4, -0.2) is 29.9 Å². The van der Waals surface area contributed by atoms with E-state index in [-0.39, 0.29) is 30.7 Å². The molecule has 0 unspecified atom stereocenters. The first-order valence-electron chi connectivity index (χ1n) is 8.38. The summed E-state index contributed by atoms with van der Waals surface area (Å²) in [4.78, 5) is 14.5. The highest BCUT2D eigenvalue weighted by Gasteiger charge is 2.16. The van der Waals surface area contributed by atoms with Crippen LogP contribution in [-0.2, 0) is 17.9 Å². The molecule has 1 fully saturated rings. The number of carbonyl (C=O) groups is 1. The zero-order valence-electron chi connectivity index (χ0n) is 14.7. The van der Waals surface area contributed by atoms with Gasteiger partial charge in [0.05, 0.1) is 6.04 Å². The molecule has 1 saturated heterocycles. The van der Waals surface area contributed by atoms with Crippen molar-refractivity contribution in [1.82, 2.24) is 10.2 Å². The zero-order valence-corrected chi connectivity index (χ0v) is 16.3. The molecule has 1 amide bonds. The van der Waals surface area contributed by atoms with Gasteiger partial charge in [0.2, 0.25) is 5.91 Å². The van der Waals surface area contributed by atoms with Crippen LogP contribution in [0.4, 0.5) is 0 Å². The number of benzene rings is 1. The first-order chi connectivity index (χ1) is 10.6. The largest absolute Gasteiger partial charge is 0.351 e. The number of halogens is 2. The van der Waals surface area contributed by atoms with E-state index in [0.717, 1.165) is 13.0 Å². The number of hydrogen-bond donors (Lipinski definition) is 2. The van der Waals surface area contributed by atoms with Gasteiger partial charge in [-0.3, -0.25) is 9.69 Å². The molecule has 0 bridgehead atoms. The molecule has 0 saturated carbocycles. The van der Waals surface area contributed by atoms with E-state index in [1.165, 1.54) is 37.1 Å². The Morgan fingerprint density at radius 2 is 1.75 bits per heavy atom. The molecular weight excluding hydrogens is 345 g/mol. The molecule has 2 rings (SSSR count). The van der Waals surface area contributed by atoms with Crippen molar-refractivity contribution in [1.29, 1.82) is 0 Å². The summed E-state index contributed by atoms with van der Waals surface area (Å²) in [6, 6.07) is 7.95. The fraction of sp³-hybridized carbons (Fsp3) is 0.611. The lowest BCUT2D eigenvalue weighted by atomic mass is 10.0. The summed E-state index contributed by atoms with van der Waals surface area (Å²) >= 11 is 0. The summed E-state index contributed by atoms with van der Waals surface area (Å²) in [6.07, 6.45) is 3.31. The van der Waals surface area contributed by atoms with Crippen molar-refractivity contribution in [3.63, 3.8) is 0 Å². The first-order valence-corrected chi connectivity index (χ1v) is 8.38. The maximum atomic E-state index is 12.1. The molecule has 0 radical (unpaired) electrons. The Kier molecular flexibility index (Phi) is 11.3. The highest BCUT2D eigenvalue weighted by atomic mass is 35.5. The second kappa shape index (κ2) is 11.7. The monoisotopic (exact) mass is 375 g/mol. The van der Waals surface area contributed by atoms with Crippen LogP contribution >= 0.6 is 24.8 Å². The Labute approximate surface area is 158 Å². The third-order valence-corrected chi connectivity index (χ3v) is 4.23. The average molecular weight is 376 g/mol. The van der Waals surface area contributed by atoms with E-state index >= 15 is 0 Å². The van der Waals surface area contributed by atoms with Crippen molar-refractivity contribution in [3.8, 4) is 0 Å². The van der Waals surface area contributed by atoms with Gasteiger partial charge < -0.3 is 11.1 Å². The van der Waals surface area contributed by atoms with Gasteiger partial charge in [0.1, 0.15) is 0 Å². The predicted octanol–water partition coefficient (Wildman–Crippen LogP) is 3.12. The van der Waals surface area contributed by atoms with Crippen molar-refractivity contribution >= 4 is 30.7 Å². The number of hydrogen-bond acceptors (Lipinski definition) is 3. The van der Waals surface area contributed by atoms with Gasteiger partial charge in [-0.05, 0) is 49.4 Å². The highest BCUT2D eigenvalue weighted by Crippen LogP contribution is 2.16. The standard InChI is InChI=1S/C18H29N3O.2ClH/c1-14(2)11-17(19)18(22)20-12-15-7-3-4-8-16(15)13-21-9-5-6-10-21;;/h3-4,7-8,14,17H,5-6,9-13,19H2,1-2H3,(H,20,22);2*1H/t17-;;/m0../s1. The number of nitrogens with one attached hydrogen (secondary N) is 1. The van der Waals surface area contributed by atoms with Gasteiger partial charge in [0.25, 0.3) is 0 Å². The molecule has 6 heteroatoms. The van der Waals surface area contributed by atoms with Crippen LogP contribution in [0.1, 0.15) is 44.2 Å². The molecule has 0 spiro atoms. The Bertz CT molecular complexity index is 491. The topological polar surface area (TPSA) is 58.4 Å². The number of carbonyl (C=O) groups excluding carboxylic acids is 1. The van der Waals surface area contributed by atoms with Crippen LogP contribution in [0.3, 0.4) is 0 Å². The Hall–Kier alpha value is -0.810. The number of nitrogens with two attached hydrogens (primary N) is 1. The van der Waals surface area contributed by atoms with Crippen LogP contribution in [0, 0.1) is 5.92 Å². The van der Waals surface area contributed by atoms with Crippen molar-refractivity contribution in [3.05, 3.63) is 35.4 Å². The van der Waals surface area contributed by atoms with Crippen LogP contribution in [0.15, 0.2) is 24.3 Å². The molecule has 1 aliphatic rings. The van der Waals surface area contributed by atoms with E-state index in [2.05, 4.69) is 42.3 Å². The third-order valence-electron chi connectivity index (χ3n) is 4.23. The van der Waals surface area contributed by atoms with E-state index in [4.69, 9.17) is 5.73 Å². The summed E-state index contributed by atoms with van der Waals surface area (Å²) in [6.45, 7) is 8.07. The first kappa shape index (κ1) is 23.2. The smallest absolute Gasteiger partial charge is 0.237 e. The van der Waals surface area contributed by atoms with Gasteiger partial charge in [0, 0.05) is 13.1 Å². The molecule has 1 aliphatic heterocycles. The number of amides is 1. The van der Waals surface area contributed by atoms with Crippen LogP contribution in [0.2, 0.25) is 0 Å². The fourth-order valence-electron chi connectivity index (χ4n) is 2.99. The summed E-state index contributed by atoms with van der Waals surface area (Å²) in [5.74, 6) is 0.382. The summed E-state index contributed by atoms with van der Waals surface area (Å²) in [5.41, 5.74) is 8.43. The Morgan fingerprint density at radius 1 is 1.17 bits per heavy atom. The molecule has 24 heavy (non-hydrogen) atoms. The Morgan fingerprint density at radius 3 is 2.33 bits per heavy atom. The molecule has 0 aliphatic carbocycles. The summed E-state index contributed by atoms with van der Waals surface area (Å²) in [5, 5.41) is 2.99. The van der Waals surface area contributed by atoms with E-state index in [9.17, 15) is 4.79 Å². The molecule has 1 heterocycles. The van der Waals surface area contributed by atoms with Gasteiger partial charge in [-0.15, -0.1) is 24.8 Å². The van der Waals surface area contributed by atoms with E-state index < -0.39 is 6.04 Å². The minimum Gasteiger partial charge on any atom is -0.351 e. The second-order valence-corrected chi connectivity index (χ2v) is 6.71. The fourth-order valence-corrected chi connectivity index (χ4v) is 2.99. The lowest BCUT2D eigenvalue weighted by Gasteiger charge is -2.19. The SMILES string of the molecule is CC(C)C[C@H](N)C(=O)NCc1ccccc1CN1CCCC1.Cl.Cl. The molecular formula is C18H31Cl2N3O. The molecule has 1 aromatic carbocycles. The maximum Gasteiger partial charge on any atom is 0.237 e. The second-order valence-electron chi connectivity index (χ2n) is 6.71. The zero-order chi connectivity index (χ0) is 15.9.